The Morgan fingerprint density at radius 3 is 2.50 bits per heavy atom. The molecule has 30 heavy (non-hydrogen) atoms. The van der Waals surface area contributed by atoms with Gasteiger partial charge >= 0.3 is 0 Å². The van der Waals surface area contributed by atoms with Crippen LogP contribution in [0.2, 0.25) is 0 Å². The van der Waals surface area contributed by atoms with E-state index in [-0.39, 0.29) is 5.91 Å². The number of hydrogen-bond acceptors (Lipinski definition) is 4. The molecule has 4 rings (SSSR count). The molecule has 0 atom stereocenters. The predicted octanol–water partition coefficient (Wildman–Crippen LogP) is 6.16. The minimum Gasteiger partial charge on any atom is -0.487 e. The third-order valence-electron chi connectivity index (χ3n) is 4.77. The number of likely N-dealkylation sites (N-methyl/N-ethyl adjacent to an activating group) is 1. The van der Waals surface area contributed by atoms with Gasteiger partial charge in [-0.3, -0.25) is 14.7 Å². The summed E-state index contributed by atoms with van der Waals surface area (Å²) >= 11 is 5.99. The molecular weight excluding hydrogens is 622 g/mol. The van der Waals surface area contributed by atoms with Crippen molar-refractivity contribution in [1.29, 1.82) is 0 Å². The maximum absolute atomic E-state index is 12.4. The van der Waals surface area contributed by atoms with E-state index in [0.29, 0.717) is 16.7 Å². The van der Waals surface area contributed by atoms with Crippen LogP contribution in [-0.2, 0) is 11.4 Å². The van der Waals surface area contributed by atoms with Crippen LogP contribution in [0.5, 0.6) is 5.75 Å². The van der Waals surface area contributed by atoms with Gasteiger partial charge in [-0.15, -0.1) is 0 Å². The van der Waals surface area contributed by atoms with Crippen LogP contribution in [0.3, 0.4) is 0 Å². The second-order valence-corrected chi connectivity index (χ2v) is 10.1. The third-order valence-corrected chi connectivity index (χ3v) is 7.52. The number of carbonyl (C=O) groups excluding carboxylic acids is 1. The van der Waals surface area contributed by atoms with Gasteiger partial charge in [-0.1, -0.05) is 42.5 Å². The molecule has 152 valence electrons. The second kappa shape index (κ2) is 9.27. The lowest BCUT2D eigenvalue weighted by Crippen LogP contribution is -2.23. The van der Waals surface area contributed by atoms with Crippen LogP contribution < -0.4 is 4.74 Å². The van der Waals surface area contributed by atoms with E-state index in [1.165, 1.54) is 22.5 Å². The van der Waals surface area contributed by atoms with Gasteiger partial charge in [-0.25, -0.2) is 0 Å². The van der Waals surface area contributed by atoms with Crippen LogP contribution in [0.1, 0.15) is 11.1 Å². The molecule has 1 fully saturated rings. The molecule has 7 heteroatoms. The van der Waals surface area contributed by atoms with Crippen molar-refractivity contribution in [2.45, 2.75) is 6.61 Å². The fourth-order valence-corrected chi connectivity index (χ4v) is 6.32. The van der Waals surface area contributed by atoms with E-state index in [2.05, 4.69) is 86.6 Å². The minimum absolute atomic E-state index is 0.0260. The lowest BCUT2D eigenvalue weighted by atomic mass is 10.1. The summed E-state index contributed by atoms with van der Waals surface area (Å²) in [6, 6.07) is 18.7. The standard InChI is InChI=1S/C23H18I2N2O2S/c1-26-23-27(2)22(28)20(30-23)12-14-10-18(24)21(19(25)11-14)29-13-16-8-5-7-15-6-3-4-9-17(15)16/h3-12H,13H2,1-2H3/b20-12+,26-23?. The fourth-order valence-electron chi connectivity index (χ4n) is 3.27. The number of rotatable bonds is 4. The van der Waals surface area contributed by atoms with Crippen molar-refractivity contribution in [3.05, 3.63) is 77.8 Å². The van der Waals surface area contributed by atoms with Crippen molar-refractivity contribution < 1.29 is 9.53 Å². The number of thioether (sulfide) groups is 1. The van der Waals surface area contributed by atoms with Gasteiger partial charge in [-0.05, 0) is 97.1 Å². The molecule has 1 saturated heterocycles. The van der Waals surface area contributed by atoms with Crippen molar-refractivity contribution in [2.75, 3.05) is 14.1 Å². The van der Waals surface area contributed by atoms with E-state index in [9.17, 15) is 4.79 Å². The molecule has 0 aliphatic carbocycles. The maximum Gasteiger partial charge on any atom is 0.266 e. The molecule has 0 N–H and O–H groups in total. The zero-order valence-corrected chi connectivity index (χ0v) is 21.5. The quantitative estimate of drug-likeness (QED) is 0.254. The van der Waals surface area contributed by atoms with Gasteiger partial charge in [0.1, 0.15) is 12.4 Å². The zero-order valence-electron chi connectivity index (χ0n) is 16.4. The number of carbonyl (C=O) groups is 1. The molecule has 0 unspecified atom stereocenters. The fraction of sp³-hybridized carbons (Fsp3) is 0.130. The van der Waals surface area contributed by atoms with Crippen molar-refractivity contribution in [3.63, 3.8) is 0 Å². The SMILES string of the molecule is CN=C1S/C(=C/c2cc(I)c(OCc3cccc4ccccc34)c(I)c2)C(=O)N1C. The Bertz CT molecular complexity index is 1180. The zero-order chi connectivity index (χ0) is 21.3. The summed E-state index contributed by atoms with van der Waals surface area (Å²) in [5.41, 5.74) is 2.14. The second-order valence-electron chi connectivity index (χ2n) is 6.72. The van der Waals surface area contributed by atoms with E-state index in [1.54, 1.807) is 19.0 Å². The van der Waals surface area contributed by atoms with Gasteiger partial charge in [0.25, 0.3) is 5.91 Å². The average molecular weight is 640 g/mol. The molecule has 0 radical (unpaired) electrons. The number of halogens is 2. The van der Waals surface area contributed by atoms with Crippen molar-refractivity contribution >= 4 is 84.9 Å². The van der Waals surface area contributed by atoms with Crippen molar-refractivity contribution in [3.8, 4) is 5.75 Å². The van der Waals surface area contributed by atoms with E-state index >= 15 is 0 Å². The van der Waals surface area contributed by atoms with Gasteiger partial charge < -0.3 is 4.74 Å². The van der Waals surface area contributed by atoms with Gasteiger partial charge in [0, 0.05) is 14.1 Å². The Balaban J connectivity index is 1.58. The average Bonchev–Trinajstić information content (AvgIpc) is 3.01. The molecule has 1 aliphatic heterocycles. The van der Waals surface area contributed by atoms with E-state index in [1.807, 2.05) is 24.3 Å². The number of fused-ring (bicyclic) bond motifs is 1. The lowest BCUT2D eigenvalue weighted by molar-refractivity contribution is -0.121. The summed E-state index contributed by atoms with van der Waals surface area (Å²) in [6.45, 7) is 0.503. The monoisotopic (exact) mass is 640 g/mol. The molecule has 0 bridgehead atoms. The Hall–Kier alpha value is -1.59. The van der Waals surface area contributed by atoms with E-state index in [0.717, 1.165) is 24.0 Å². The molecule has 0 spiro atoms. The highest BCUT2D eigenvalue weighted by molar-refractivity contribution is 14.1. The molecule has 3 aromatic carbocycles. The summed E-state index contributed by atoms with van der Waals surface area (Å²) in [4.78, 5) is 18.8. The Morgan fingerprint density at radius 1 is 1.10 bits per heavy atom. The van der Waals surface area contributed by atoms with Gasteiger partial charge in [0.2, 0.25) is 0 Å². The summed E-state index contributed by atoms with van der Waals surface area (Å²) in [5, 5.41) is 3.13. The van der Waals surface area contributed by atoms with Gasteiger partial charge in [-0.2, -0.15) is 0 Å². The van der Waals surface area contributed by atoms with Crippen LogP contribution in [0.25, 0.3) is 16.8 Å². The summed E-state index contributed by atoms with van der Waals surface area (Å²) < 4.78 is 8.25. The topological polar surface area (TPSA) is 41.9 Å². The Labute approximate surface area is 207 Å². The highest BCUT2D eigenvalue weighted by atomic mass is 127. The number of amides is 1. The molecule has 1 heterocycles. The smallest absolute Gasteiger partial charge is 0.266 e. The number of ether oxygens (including phenoxy) is 1. The van der Waals surface area contributed by atoms with Crippen LogP contribution >= 0.6 is 56.9 Å². The Morgan fingerprint density at radius 2 is 1.80 bits per heavy atom. The maximum atomic E-state index is 12.4. The van der Waals surface area contributed by atoms with Gasteiger partial charge in [0.05, 0.1) is 12.0 Å². The molecule has 3 aromatic rings. The summed E-state index contributed by atoms with van der Waals surface area (Å²) in [7, 11) is 3.44. The van der Waals surface area contributed by atoms with Crippen molar-refractivity contribution in [1.82, 2.24) is 4.90 Å². The third kappa shape index (κ3) is 4.38. The van der Waals surface area contributed by atoms with E-state index < -0.39 is 0 Å². The lowest BCUT2D eigenvalue weighted by Gasteiger charge is -2.13. The van der Waals surface area contributed by atoms with Gasteiger partial charge in [0.15, 0.2) is 5.17 Å². The first-order valence-electron chi connectivity index (χ1n) is 9.21. The minimum atomic E-state index is -0.0260. The molecule has 4 nitrogen and oxygen atoms in total. The number of hydrogen-bond donors (Lipinski definition) is 0. The number of amidine groups is 1. The number of nitrogens with zero attached hydrogens (tertiary/aromatic N) is 2. The number of benzene rings is 3. The molecular formula is C23H18I2N2O2S. The first-order chi connectivity index (χ1) is 14.5. The molecule has 0 aromatic heterocycles. The van der Waals surface area contributed by atoms with Crippen LogP contribution in [0.15, 0.2) is 64.5 Å². The molecule has 1 amide bonds. The number of aliphatic imine (C=N–C) groups is 1. The Kier molecular flexibility index (Phi) is 6.69. The summed E-state index contributed by atoms with van der Waals surface area (Å²) in [6.07, 6.45) is 1.92. The first-order valence-corrected chi connectivity index (χ1v) is 12.2. The highest BCUT2D eigenvalue weighted by Gasteiger charge is 2.29. The van der Waals surface area contributed by atoms with Crippen LogP contribution in [-0.4, -0.2) is 30.1 Å². The van der Waals surface area contributed by atoms with Crippen LogP contribution in [0, 0.1) is 7.14 Å². The van der Waals surface area contributed by atoms with Crippen molar-refractivity contribution in [2.24, 2.45) is 4.99 Å². The normalized spacial score (nSPS) is 16.8. The summed E-state index contributed by atoms with van der Waals surface area (Å²) in [5.74, 6) is 0.839. The van der Waals surface area contributed by atoms with Crippen LogP contribution in [0.4, 0.5) is 0 Å². The predicted molar refractivity (Wildman–Crippen MR) is 142 cm³/mol. The molecule has 0 saturated carbocycles. The highest BCUT2D eigenvalue weighted by Crippen LogP contribution is 2.34. The van der Waals surface area contributed by atoms with E-state index in [4.69, 9.17) is 4.74 Å². The largest absolute Gasteiger partial charge is 0.487 e. The molecule has 1 aliphatic rings. The first kappa shape index (κ1) is 21.6.